The SMILES string of the molecule is CCCCCCCCCCCCCCCCCC(=O)OCCOCCOCCOCCOCCOCCOCCOCCOCCOC(=O)CCCCCCCC. The molecule has 340 valence electrons. The molecule has 0 aromatic heterocycles. The summed E-state index contributed by atoms with van der Waals surface area (Å²) in [5.41, 5.74) is 0. The van der Waals surface area contributed by atoms with Crippen LogP contribution in [0.1, 0.15) is 162 Å². The zero-order valence-electron chi connectivity index (χ0n) is 36.9. The summed E-state index contributed by atoms with van der Waals surface area (Å²) < 4.78 is 54.3. The Bertz CT molecular complexity index is 787. The molecule has 12 nitrogen and oxygen atoms in total. The fraction of sp³-hybridized carbons (Fsp3) is 0.956. The van der Waals surface area contributed by atoms with Crippen molar-refractivity contribution in [2.45, 2.75) is 162 Å². The van der Waals surface area contributed by atoms with Crippen molar-refractivity contribution in [3.8, 4) is 0 Å². The molecule has 0 fully saturated rings. The Morgan fingerprint density at radius 2 is 0.421 bits per heavy atom. The minimum atomic E-state index is -0.144. The molecule has 0 aliphatic heterocycles. The summed E-state index contributed by atoms with van der Waals surface area (Å²) in [5, 5.41) is 0. The van der Waals surface area contributed by atoms with Gasteiger partial charge in [0.15, 0.2) is 0 Å². The fourth-order valence-electron chi connectivity index (χ4n) is 5.90. The molecule has 0 N–H and O–H groups in total. The van der Waals surface area contributed by atoms with Crippen LogP contribution in [0.2, 0.25) is 0 Å². The molecule has 0 aromatic rings. The van der Waals surface area contributed by atoms with Crippen LogP contribution in [0.4, 0.5) is 0 Å². The predicted octanol–water partition coefficient (Wildman–Crippen LogP) is 9.22. The average Bonchev–Trinajstić information content (AvgIpc) is 3.21. The monoisotopic (exact) mass is 821 g/mol. The van der Waals surface area contributed by atoms with Gasteiger partial charge in [0.05, 0.1) is 106 Å². The topological polar surface area (TPSA) is 126 Å². The first kappa shape index (κ1) is 55.6. The maximum atomic E-state index is 11.9. The summed E-state index contributed by atoms with van der Waals surface area (Å²) in [7, 11) is 0. The van der Waals surface area contributed by atoms with Gasteiger partial charge in [-0.05, 0) is 12.8 Å². The lowest BCUT2D eigenvalue weighted by molar-refractivity contribution is -0.146. The first-order chi connectivity index (χ1) is 28.2. The van der Waals surface area contributed by atoms with Gasteiger partial charge in [0.2, 0.25) is 0 Å². The van der Waals surface area contributed by atoms with Crippen molar-refractivity contribution in [3.63, 3.8) is 0 Å². The van der Waals surface area contributed by atoms with Crippen LogP contribution in [-0.2, 0) is 57.0 Å². The largest absolute Gasteiger partial charge is 0.463 e. The van der Waals surface area contributed by atoms with Gasteiger partial charge in [0.1, 0.15) is 13.2 Å². The van der Waals surface area contributed by atoms with Crippen molar-refractivity contribution >= 4 is 11.9 Å². The van der Waals surface area contributed by atoms with E-state index in [0.29, 0.717) is 119 Å². The van der Waals surface area contributed by atoms with Gasteiger partial charge in [-0.15, -0.1) is 0 Å². The van der Waals surface area contributed by atoms with Crippen molar-refractivity contribution in [1.82, 2.24) is 0 Å². The second-order valence-corrected chi connectivity index (χ2v) is 14.6. The van der Waals surface area contributed by atoms with E-state index in [1.54, 1.807) is 0 Å². The number of carbonyl (C=O) groups excluding carboxylic acids is 2. The van der Waals surface area contributed by atoms with Gasteiger partial charge < -0.3 is 47.4 Å². The Hall–Kier alpha value is -1.38. The van der Waals surface area contributed by atoms with Crippen molar-refractivity contribution < 1.29 is 57.0 Å². The molecule has 0 radical (unpaired) electrons. The highest BCUT2D eigenvalue weighted by molar-refractivity contribution is 5.69. The molecule has 0 aromatic carbocycles. The Balaban J connectivity index is 3.16. The van der Waals surface area contributed by atoms with Crippen LogP contribution >= 0.6 is 0 Å². The zero-order valence-corrected chi connectivity index (χ0v) is 36.9. The molecule has 0 heterocycles. The number of hydrogen-bond acceptors (Lipinski definition) is 12. The molecule has 0 spiro atoms. The molecule has 0 aliphatic rings. The second kappa shape index (κ2) is 50.8. The maximum absolute atomic E-state index is 11.9. The fourth-order valence-corrected chi connectivity index (χ4v) is 5.90. The van der Waals surface area contributed by atoms with Gasteiger partial charge in [-0.1, -0.05) is 136 Å². The van der Waals surface area contributed by atoms with Gasteiger partial charge >= 0.3 is 11.9 Å². The van der Waals surface area contributed by atoms with Crippen molar-refractivity contribution in [3.05, 3.63) is 0 Å². The molecule has 0 saturated heterocycles. The number of unbranched alkanes of at least 4 members (excludes halogenated alkanes) is 19. The molecular weight excluding hydrogens is 732 g/mol. The summed E-state index contributed by atoms with van der Waals surface area (Å²) in [6.45, 7) is 12.5. The zero-order chi connectivity index (χ0) is 41.2. The van der Waals surface area contributed by atoms with Crippen LogP contribution < -0.4 is 0 Å². The third-order valence-corrected chi connectivity index (χ3v) is 9.30. The number of hydrogen-bond donors (Lipinski definition) is 0. The summed E-state index contributed by atoms with van der Waals surface area (Å²) in [6.07, 6.45) is 27.6. The molecule has 57 heavy (non-hydrogen) atoms. The Morgan fingerprint density at radius 3 is 0.632 bits per heavy atom. The van der Waals surface area contributed by atoms with Crippen LogP contribution in [0, 0.1) is 0 Å². The molecule has 0 bridgehead atoms. The van der Waals surface area contributed by atoms with E-state index >= 15 is 0 Å². The Morgan fingerprint density at radius 1 is 0.246 bits per heavy atom. The van der Waals surface area contributed by atoms with E-state index in [1.165, 1.54) is 109 Å². The predicted molar refractivity (Wildman–Crippen MR) is 226 cm³/mol. The molecule has 0 amide bonds. The third kappa shape index (κ3) is 50.7. The number of rotatable bonds is 50. The minimum absolute atomic E-state index is 0.132. The van der Waals surface area contributed by atoms with Gasteiger partial charge in [0, 0.05) is 12.8 Å². The lowest BCUT2D eigenvalue weighted by atomic mass is 10.0. The number of esters is 2. The van der Waals surface area contributed by atoms with Crippen molar-refractivity contribution in [2.75, 3.05) is 119 Å². The first-order valence-electron chi connectivity index (χ1n) is 23.1. The van der Waals surface area contributed by atoms with E-state index in [-0.39, 0.29) is 25.2 Å². The molecular formula is C45H88O12. The van der Waals surface area contributed by atoms with E-state index in [9.17, 15) is 9.59 Å². The molecule has 0 aliphatic carbocycles. The van der Waals surface area contributed by atoms with Gasteiger partial charge in [-0.2, -0.15) is 0 Å². The van der Waals surface area contributed by atoms with Gasteiger partial charge in [0.25, 0.3) is 0 Å². The molecule has 0 saturated carbocycles. The lowest BCUT2D eigenvalue weighted by Crippen LogP contribution is -2.15. The Labute approximate surface area is 348 Å². The van der Waals surface area contributed by atoms with Crippen LogP contribution in [0.25, 0.3) is 0 Å². The molecule has 12 heteroatoms. The highest BCUT2D eigenvalue weighted by atomic mass is 16.6. The van der Waals surface area contributed by atoms with Crippen molar-refractivity contribution in [1.29, 1.82) is 0 Å². The second-order valence-electron chi connectivity index (χ2n) is 14.6. The van der Waals surface area contributed by atoms with Crippen LogP contribution in [0.3, 0.4) is 0 Å². The van der Waals surface area contributed by atoms with Crippen LogP contribution in [-0.4, -0.2) is 131 Å². The van der Waals surface area contributed by atoms with E-state index in [1.807, 2.05) is 0 Å². The molecule has 0 rings (SSSR count). The van der Waals surface area contributed by atoms with Gasteiger partial charge in [-0.25, -0.2) is 0 Å². The maximum Gasteiger partial charge on any atom is 0.305 e. The molecule has 0 unspecified atom stereocenters. The quantitative estimate of drug-likeness (QED) is 0.0429. The van der Waals surface area contributed by atoms with Crippen molar-refractivity contribution in [2.24, 2.45) is 0 Å². The number of carbonyl (C=O) groups is 2. The summed E-state index contributed by atoms with van der Waals surface area (Å²) in [4.78, 5) is 23.6. The smallest absolute Gasteiger partial charge is 0.305 e. The van der Waals surface area contributed by atoms with E-state index in [2.05, 4.69) is 13.8 Å². The van der Waals surface area contributed by atoms with E-state index in [0.717, 1.165) is 25.7 Å². The summed E-state index contributed by atoms with van der Waals surface area (Å²) in [5.74, 6) is -0.276. The normalized spacial score (nSPS) is 11.4. The lowest BCUT2D eigenvalue weighted by Gasteiger charge is -2.09. The summed E-state index contributed by atoms with van der Waals surface area (Å²) >= 11 is 0. The minimum Gasteiger partial charge on any atom is -0.463 e. The molecule has 0 atom stereocenters. The van der Waals surface area contributed by atoms with Crippen LogP contribution in [0.5, 0.6) is 0 Å². The highest BCUT2D eigenvalue weighted by Gasteiger charge is 2.04. The highest BCUT2D eigenvalue weighted by Crippen LogP contribution is 2.14. The van der Waals surface area contributed by atoms with E-state index < -0.39 is 0 Å². The van der Waals surface area contributed by atoms with Crippen LogP contribution in [0.15, 0.2) is 0 Å². The number of ether oxygens (including phenoxy) is 10. The average molecular weight is 821 g/mol. The standard InChI is InChI=1S/C45H88O12/c1-3-5-7-9-11-12-13-14-15-16-17-18-19-21-23-25-45(47)57-43-41-55-39-37-53-35-33-51-31-29-49-27-26-48-28-30-50-32-34-52-36-38-54-40-42-56-44(46)24-22-20-10-8-6-4-2/h3-43H2,1-2H3. The summed E-state index contributed by atoms with van der Waals surface area (Å²) in [6, 6.07) is 0. The Kier molecular flexibility index (Phi) is 49.5. The first-order valence-corrected chi connectivity index (χ1v) is 23.1. The van der Waals surface area contributed by atoms with E-state index in [4.69, 9.17) is 47.4 Å². The van der Waals surface area contributed by atoms with Gasteiger partial charge in [-0.3, -0.25) is 9.59 Å². The third-order valence-electron chi connectivity index (χ3n) is 9.30.